The Kier molecular flexibility index (Phi) is 7.22. The summed E-state index contributed by atoms with van der Waals surface area (Å²) in [5, 5.41) is 21.6. The van der Waals surface area contributed by atoms with Crippen LogP contribution in [-0.4, -0.2) is 61.7 Å². The molecule has 3 N–H and O–H groups in total. The molecule has 9 heteroatoms. The Morgan fingerprint density at radius 1 is 1.03 bits per heavy atom. The third-order valence-electron chi connectivity index (χ3n) is 7.63. The summed E-state index contributed by atoms with van der Waals surface area (Å²) in [6, 6.07) is 19.3. The zero-order valence-corrected chi connectivity index (χ0v) is 21.1. The van der Waals surface area contributed by atoms with Gasteiger partial charge in [0.2, 0.25) is 10.0 Å². The summed E-state index contributed by atoms with van der Waals surface area (Å²) in [5.41, 5.74) is 3.11. The molecule has 2 aliphatic heterocycles. The first-order valence-corrected chi connectivity index (χ1v) is 14.1. The molecule has 0 spiro atoms. The van der Waals surface area contributed by atoms with Gasteiger partial charge in [-0.2, -0.15) is 10.2 Å². The fourth-order valence-corrected chi connectivity index (χ4v) is 6.94. The summed E-state index contributed by atoms with van der Waals surface area (Å²) < 4.78 is 29.2. The lowest BCUT2D eigenvalue weighted by Gasteiger charge is -2.43. The van der Waals surface area contributed by atoms with Gasteiger partial charge in [0.1, 0.15) is 5.75 Å². The zero-order valence-electron chi connectivity index (χ0n) is 20.3. The highest BCUT2D eigenvalue weighted by Gasteiger charge is 2.38. The summed E-state index contributed by atoms with van der Waals surface area (Å²) in [6.45, 7) is 3.40. The van der Waals surface area contributed by atoms with Crippen LogP contribution in [0.4, 0.5) is 5.69 Å². The third-order valence-corrected chi connectivity index (χ3v) is 9.52. The van der Waals surface area contributed by atoms with E-state index in [-0.39, 0.29) is 16.4 Å². The van der Waals surface area contributed by atoms with Crippen LogP contribution in [-0.2, 0) is 15.4 Å². The van der Waals surface area contributed by atoms with Crippen LogP contribution < -0.4 is 14.9 Å². The summed E-state index contributed by atoms with van der Waals surface area (Å²) in [6.07, 6.45) is 4.66. The van der Waals surface area contributed by atoms with Crippen LogP contribution in [0.1, 0.15) is 31.2 Å². The van der Waals surface area contributed by atoms with Crippen LogP contribution in [0.2, 0.25) is 0 Å². The maximum atomic E-state index is 13.1. The van der Waals surface area contributed by atoms with Gasteiger partial charge in [-0.25, -0.2) is 13.1 Å². The number of nitrogens with one attached hydrogen (secondary N) is 2. The first-order valence-electron chi connectivity index (χ1n) is 12.6. The Labute approximate surface area is 212 Å². The van der Waals surface area contributed by atoms with Gasteiger partial charge in [0.25, 0.3) is 0 Å². The fraction of sp³-hybridized carbons (Fsp3) is 0.407. The monoisotopic (exact) mass is 507 g/mol. The number of phenols is 1. The van der Waals surface area contributed by atoms with Gasteiger partial charge in [0.05, 0.1) is 22.8 Å². The largest absolute Gasteiger partial charge is 0.507 e. The van der Waals surface area contributed by atoms with E-state index in [1.54, 1.807) is 18.3 Å². The summed E-state index contributed by atoms with van der Waals surface area (Å²) >= 11 is 0. The molecule has 190 valence electrons. The summed E-state index contributed by atoms with van der Waals surface area (Å²) in [7, 11) is -3.38. The topological polar surface area (TPSA) is 107 Å². The van der Waals surface area contributed by atoms with Crippen molar-refractivity contribution < 1.29 is 13.5 Å². The second kappa shape index (κ2) is 10.5. The number of para-hydroxylation sites is 1. The molecule has 5 rings (SSSR count). The van der Waals surface area contributed by atoms with Crippen LogP contribution in [0.15, 0.2) is 66.9 Å². The van der Waals surface area contributed by atoms with E-state index in [9.17, 15) is 13.5 Å². The second-order valence-corrected chi connectivity index (χ2v) is 11.8. The SMILES string of the molecule is O=S(=O)(NCC1(c2ccccc2)CCN(c2cnnc(-c3ccccc3O)c2)CC1)C1CCNCC1. The molecule has 8 nitrogen and oxygen atoms in total. The predicted molar refractivity (Wildman–Crippen MR) is 142 cm³/mol. The van der Waals surface area contributed by atoms with Crippen LogP contribution in [0, 0.1) is 0 Å². The number of rotatable bonds is 7. The van der Waals surface area contributed by atoms with Gasteiger partial charge in [0.15, 0.2) is 0 Å². The number of benzene rings is 2. The van der Waals surface area contributed by atoms with Crippen molar-refractivity contribution in [2.45, 2.75) is 36.3 Å². The van der Waals surface area contributed by atoms with Crippen molar-refractivity contribution in [3.8, 4) is 17.0 Å². The van der Waals surface area contributed by atoms with Gasteiger partial charge in [-0.3, -0.25) is 0 Å². The molecule has 2 aromatic carbocycles. The number of anilines is 1. The lowest BCUT2D eigenvalue weighted by atomic mass is 9.73. The van der Waals surface area contributed by atoms with Crippen molar-refractivity contribution in [1.82, 2.24) is 20.2 Å². The maximum Gasteiger partial charge on any atom is 0.214 e. The summed E-state index contributed by atoms with van der Waals surface area (Å²) in [4.78, 5) is 2.26. The molecule has 0 radical (unpaired) electrons. The van der Waals surface area contributed by atoms with Crippen LogP contribution in [0.25, 0.3) is 11.3 Å². The molecule has 2 aliphatic rings. The Hall–Kier alpha value is -3.01. The molecule has 0 unspecified atom stereocenters. The van der Waals surface area contributed by atoms with Crippen LogP contribution >= 0.6 is 0 Å². The number of sulfonamides is 1. The number of hydrogen-bond donors (Lipinski definition) is 3. The molecular weight excluding hydrogens is 474 g/mol. The number of aromatic nitrogens is 2. The molecule has 0 amide bonds. The van der Waals surface area contributed by atoms with Crippen molar-refractivity contribution in [2.75, 3.05) is 37.6 Å². The summed E-state index contributed by atoms with van der Waals surface area (Å²) in [5.74, 6) is 0.173. The molecule has 36 heavy (non-hydrogen) atoms. The lowest BCUT2D eigenvalue weighted by Crippen LogP contribution is -2.51. The van der Waals surface area contributed by atoms with Gasteiger partial charge in [0, 0.05) is 30.6 Å². The quantitative estimate of drug-likeness (QED) is 0.451. The standard InChI is InChI=1S/C27H33N5O3S/c33-26-9-5-4-8-24(26)25-18-22(19-29-31-25)32-16-12-27(13-17-32,21-6-2-1-3-7-21)20-30-36(34,35)23-10-14-28-15-11-23/h1-9,18-19,23,28,30,33H,10-17,20H2. The van der Waals surface area contributed by atoms with E-state index in [1.807, 2.05) is 36.4 Å². The van der Waals surface area contributed by atoms with Crippen LogP contribution in [0.3, 0.4) is 0 Å². The van der Waals surface area contributed by atoms with Crippen molar-refractivity contribution in [3.63, 3.8) is 0 Å². The van der Waals surface area contributed by atoms with Gasteiger partial charge in [-0.15, -0.1) is 0 Å². The normalized spacial score (nSPS) is 18.7. The minimum absolute atomic E-state index is 0.173. The van der Waals surface area contributed by atoms with Crippen molar-refractivity contribution >= 4 is 15.7 Å². The van der Waals surface area contributed by atoms with E-state index in [0.29, 0.717) is 30.6 Å². The molecule has 1 aromatic heterocycles. The number of hydrogen-bond acceptors (Lipinski definition) is 7. The molecule has 0 aliphatic carbocycles. The first kappa shape index (κ1) is 24.7. The Morgan fingerprint density at radius 2 is 1.72 bits per heavy atom. The van der Waals surface area contributed by atoms with E-state index in [0.717, 1.165) is 44.7 Å². The Bertz CT molecular complexity index is 1270. The molecular formula is C27H33N5O3S. The number of phenolic OH excluding ortho intramolecular Hbond substituents is 1. The minimum Gasteiger partial charge on any atom is -0.507 e. The van der Waals surface area contributed by atoms with E-state index in [2.05, 4.69) is 37.3 Å². The Balaban J connectivity index is 1.34. The molecule has 0 bridgehead atoms. The molecule has 0 atom stereocenters. The smallest absolute Gasteiger partial charge is 0.214 e. The Morgan fingerprint density at radius 3 is 2.44 bits per heavy atom. The fourth-order valence-electron chi connectivity index (χ4n) is 5.37. The lowest BCUT2D eigenvalue weighted by molar-refractivity contribution is 0.328. The number of piperidine rings is 2. The van der Waals surface area contributed by atoms with Crippen molar-refractivity contribution in [1.29, 1.82) is 0 Å². The molecule has 2 saturated heterocycles. The van der Waals surface area contributed by atoms with Crippen molar-refractivity contribution in [3.05, 3.63) is 72.4 Å². The predicted octanol–water partition coefficient (Wildman–Crippen LogP) is 3.06. The first-order chi connectivity index (χ1) is 17.5. The molecule has 0 saturated carbocycles. The molecule has 2 fully saturated rings. The number of nitrogens with zero attached hydrogens (tertiary/aromatic N) is 3. The van der Waals surface area contributed by atoms with Gasteiger partial charge < -0.3 is 15.3 Å². The molecule has 3 aromatic rings. The zero-order chi connectivity index (χ0) is 25.0. The maximum absolute atomic E-state index is 13.1. The minimum atomic E-state index is -3.38. The second-order valence-electron chi connectivity index (χ2n) is 9.77. The van der Waals surface area contributed by atoms with E-state index in [1.165, 1.54) is 5.56 Å². The van der Waals surface area contributed by atoms with E-state index in [4.69, 9.17) is 0 Å². The van der Waals surface area contributed by atoms with Crippen molar-refractivity contribution in [2.24, 2.45) is 0 Å². The van der Waals surface area contributed by atoms with E-state index >= 15 is 0 Å². The van der Waals surface area contributed by atoms with E-state index < -0.39 is 10.0 Å². The number of aromatic hydroxyl groups is 1. The third kappa shape index (κ3) is 5.23. The highest BCUT2D eigenvalue weighted by molar-refractivity contribution is 7.90. The van der Waals surface area contributed by atoms with Crippen LogP contribution in [0.5, 0.6) is 5.75 Å². The average Bonchev–Trinajstić information content (AvgIpc) is 2.94. The highest BCUT2D eigenvalue weighted by atomic mass is 32.2. The average molecular weight is 508 g/mol. The van der Waals surface area contributed by atoms with Gasteiger partial charge >= 0.3 is 0 Å². The molecule has 3 heterocycles. The van der Waals surface area contributed by atoms with Gasteiger partial charge in [-0.05, 0) is 62.5 Å². The van der Waals surface area contributed by atoms with Gasteiger partial charge in [-0.1, -0.05) is 42.5 Å². The highest BCUT2D eigenvalue weighted by Crippen LogP contribution is 2.37.